The van der Waals surface area contributed by atoms with E-state index in [9.17, 15) is 9.59 Å². The Bertz CT molecular complexity index is 795. The Labute approximate surface area is 145 Å². The molecule has 1 aromatic carbocycles. The molecule has 0 atom stereocenters. The molecule has 0 fully saturated rings. The van der Waals surface area contributed by atoms with Crippen LogP contribution in [0.4, 0.5) is 5.13 Å². The van der Waals surface area contributed by atoms with Crippen molar-refractivity contribution in [3.05, 3.63) is 40.4 Å². The summed E-state index contributed by atoms with van der Waals surface area (Å²) >= 11 is 1.26. The third-order valence-electron chi connectivity index (χ3n) is 3.86. The highest BCUT2D eigenvalue weighted by molar-refractivity contribution is 7.17. The predicted octanol–water partition coefficient (Wildman–Crippen LogP) is 3.95. The first-order valence-electron chi connectivity index (χ1n) is 7.95. The topological polar surface area (TPSA) is 68.3 Å². The number of aromatic nitrogens is 1. The second-order valence-corrected chi connectivity index (χ2v) is 7.65. The number of anilines is 1. The van der Waals surface area contributed by atoms with E-state index in [1.165, 1.54) is 11.3 Å². The number of nitrogens with one attached hydrogen (secondary N) is 1. The average Bonchev–Trinajstić information content (AvgIpc) is 2.89. The number of thiazole rings is 1. The zero-order valence-electron chi connectivity index (χ0n) is 14.0. The van der Waals surface area contributed by atoms with E-state index in [0.717, 1.165) is 12.1 Å². The van der Waals surface area contributed by atoms with Crippen LogP contribution in [0.3, 0.4) is 0 Å². The van der Waals surface area contributed by atoms with Gasteiger partial charge in [-0.05, 0) is 37.0 Å². The van der Waals surface area contributed by atoms with E-state index in [1.807, 2.05) is 13.0 Å². The summed E-state index contributed by atoms with van der Waals surface area (Å²) in [4.78, 5) is 29.8. The number of ether oxygens (including phenoxy) is 1. The first kappa shape index (κ1) is 16.6. The number of ketones is 1. The summed E-state index contributed by atoms with van der Waals surface area (Å²) in [5.41, 5.74) is 1.21. The highest BCUT2D eigenvalue weighted by atomic mass is 32.1. The van der Waals surface area contributed by atoms with Crippen LogP contribution in [0.1, 0.15) is 52.9 Å². The maximum atomic E-state index is 12.4. The molecule has 1 heterocycles. The Hall–Kier alpha value is -2.21. The SMILES string of the molecule is CCOc1cccc(C(=O)Nc2nc3c(s2)C(=O)CC(C)(C)C3)c1. The third kappa shape index (κ3) is 3.48. The number of hydrogen-bond acceptors (Lipinski definition) is 5. The van der Waals surface area contributed by atoms with Crippen molar-refractivity contribution in [3.8, 4) is 5.75 Å². The normalized spacial score (nSPS) is 15.7. The summed E-state index contributed by atoms with van der Waals surface area (Å²) < 4.78 is 5.41. The van der Waals surface area contributed by atoms with Gasteiger partial charge in [0.25, 0.3) is 5.91 Å². The quantitative estimate of drug-likeness (QED) is 0.912. The van der Waals surface area contributed by atoms with Gasteiger partial charge < -0.3 is 4.74 Å². The van der Waals surface area contributed by atoms with Crippen molar-refractivity contribution in [1.82, 2.24) is 4.98 Å². The number of amides is 1. The van der Waals surface area contributed by atoms with Crippen LogP contribution < -0.4 is 10.1 Å². The second kappa shape index (κ2) is 6.36. The Morgan fingerprint density at radius 2 is 2.17 bits per heavy atom. The number of hydrogen-bond donors (Lipinski definition) is 1. The van der Waals surface area contributed by atoms with Crippen LogP contribution >= 0.6 is 11.3 Å². The van der Waals surface area contributed by atoms with Gasteiger partial charge in [0.05, 0.1) is 17.2 Å². The summed E-state index contributed by atoms with van der Waals surface area (Å²) in [5.74, 6) is 0.507. The van der Waals surface area contributed by atoms with Gasteiger partial charge in [-0.25, -0.2) is 4.98 Å². The highest BCUT2D eigenvalue weighted by Gasteiger charge is 2.34. The lowest BCUT2D eigenvalue weighted by atomic mass is 9.78. The molecule has 0 saturated carbocycles. The van der Waals surface area contributed by atoms with Gasteiger partial charge in [-0.3, -0.25) is 14.9 Å². The molecule has 0 spiro atoms. The molecule has 126 valence electrons. The second-order valence-electron chi connectivity index (χ2n) is 6.65. The minimum Gasteiger partial charge on any atom is -0.494 e. The maximum absolute atomic E-state index is 12.4. The molecule has 0 radical (unpaired) electrons. The number of nitrogens with zero attached hydrogens (tertiary/aromatic N) is 1. The molecule has 6 heteroatoms. The monoisotopic (exact) mass is 344 g/mol. The molecule has 0 saturated heterocycles. The number of fused-ring (bicyclic) bond motifs is 1. The van der Waals surface area contributed by atoms with Gasteiger partial charge in [0, 0.05) is 12.0 Å². The molecule has 0 aliphatic heterocycles. The molecule has 1 amide bonds. The molecule has 3 rings (SSSR count). The lowest BCUT2D eigenvalue weighted by molar-refractivity contribution is 0.0915. The molecule has 1 aliphatic rings. The molecule has 1 N–H and O–H groups in total. The molecule has 5 nitrogen and oxygen atoms in total. The third-order valence-corrected chi connectivity index (χ3v) is 4.92. The fraction of sp³-hybridized carbons (Fsp3) is 0.389. The van der Waals surface area contributed by atoms with Crippen molar-refractivity contribution in [2.75, 3.05) is 11.9 Å². The molecule has 0 bridgehead atoms. The van der Waals surface area contributed by atoms with Crippen LogP contribution in [0.25, 0.3) is 0 Å². The van der Waals surface area contributed by atoms with Crippen molar-refractivity contribution in [3.63, 3.8) is 0 Å². The highest BCUT2D eigenvalue weighted by Crippen LogP contribution is 2.38. The molecular formula is C18H20N2O3S. The van der Waals surface area contributed by atoms with Gasteiger partial charge in [0.15, 0.2) is 10.9 Å². The van der Waals surface area contributed by atoms with Crippen molar-refractivity contribution in [2.24, 2.45) is 5.41 Å². The molecule has 1 aliphatic carbocycles. The largest absolute Gasteiger partial charge is 0.494 e. The van der Waals surface area contributed by atoms with Gasteiger partial charge in [-0.1, -0.05) is 31.3 Å². The smallest absolute Gasteiger partial charge is 0.257 e. The molecule has 0 unspecified atom stereocenters. The van der Waals surface area contributed by atoms with Gasteiger partial charge >= 0.3 is 0 Å². The van der Waals surface area contributed by atoms with Crippen LogP contribution in [0, 0.1) is 5.41 Å². The van der Waals surface area contributed by atoms with E-state index in [0.29, 0.717) is 34.3 Å². The summed E-state index contributed by atoms with van der Waals surface area (Å²) in [5, 5.41) is 3.26. The van der Waals surface area contributed by atoms with E-state index in [2.05, 4.69) is 24.1 Å². The standard InChI is InChI=1S/C18H20N2O3S/c1-4-23-12-7-5-6-11(8-12)16(22)20-17-19-13-9-18(2,3)10-14(21)15(13)24-17/h5-8H,4,9-10H2,1-3H3,(H,19,20,22). The summed E-state index contributed by atoms with van der Waals surface area (Å²) in [6.07, 6.45) is 1.27. The lowest BCUT2D eigenvalue weighted by Gasteiger charge is -2.26. The van der Waals surface area contributed by atoms with Crippen LogP contribution in [0.15, 0.2) is 24.3 Å². The number of rotatable bonds is 4. The van der Waals surface area contributed by atoms with Crippen LogP contribution in [-0.2, 0) is 6.42 Å². The average molecular weight is 344 g/mol. The minimum atomic E-state index is -0.255. The summed E-state index contributed by atoms with van der Waals surface area (Å²) in [6.45, 7) is 6.56. The van der Waals surface area contributed by atoms with Gasteiger partial charge in [0.1, 0.15) is 5.75 Å². The van der Waals surface area contributed by atoms with E-state index < -0.39 is 0 Å². The molecule has 2 aromatic rings. The maximum Gasteiger partial charge on any atom is 0.257 e. The fourth-order valence-corrected chi connectivity index (χ4v) is 3.75. The van der Waals surface area contributed by atoms with Gasteiger partial charge in [-0.15, -0.1) is 0 Å². The number of benzene rings is 1. The Kier molecular flexibility index (Phi) is 4.41. The zero-order chi connectivity index (χ0) is 17.3. The summed E-state index contributed by atoms with van der Waals surface area (Å²) in [7, 11) is 0. The Balaban J connectivity index is 1.79. The molecular weight excluding hydrogens is 324 g/mol. The number of Topliss-reactive ketones (excluding diaryl/α,β-unsaturated/α-hetero) is 1. The summed E-state index contributed by atoms with van der Waals surface area (Å²) in [6, 6.07) is 7.00. The molecule has 24 heavy (non-hydrogen) atoms. The van der Waals surface area contributed by atoms with Crippen LogP contribution in [0.2, 0.25) is 0 Å². The van der Waals surface area contributed by atoms with Crippen LogP contribution in [0.5, 0.6) is 5.75 Å². The van der Waals surface area contributed by atoms with Crippen molar-refractivity contribution in [2.45, 2.75) is 33.6 Å². The van der Waals surface area contributed by atoms with Crippen LogP contribution in [-0.4, -0.2) is 23.3 Å². The first-order valence-corrected chi connectivity index (χ1v) is 8.77. The van der Waals surface area contributed by atoms with E-state index in [1.54, 1.807) is 18.2 Å². The fourth-order valence-electron chi connectivity index (χ4n) is 2.84. The van der Waals surface area contributed by atoms with E-state index in [-0.39, 0.29) is 17.1 Å². The van der Waals surface area contributed by atoms with E-state index in [4.69, 9.17) is 4.74 Å². The zero-order valence-corrected chi connectivity index (χ0v) is 14.8. The van der Waals surface area contributed by atoms with Gasteiger partial charge in [-0.2, -0.15) is 0 Å². The van der Waals surface area contributed by atoms with E-state index >= 15 is 0 Å². The Morgan fingerprint density at radius 3 is 2.92 bits per heavy atom. The van der Waals surface area contributed by atoms with Crippen molar-refractivity contribution < 1.29 is 14.3 Å². The minimum absolute atomic E-state index is 0.0781. The van der Waals surface area contributed by atoms with Crippen molar-refractivity contribution >= 4 is 28.2 Å². The predicted molar refractivity (Wildman–Crippen MR) is 94.1 cm³/mol. The Morgan fingerprint density at radius 1 is 1.38 bits per heavy atom. The van der Waals surface area contributed by atoms with Crippen molar-refractivity contribution in [1.29, 1.82) is 0 Å². The number of carbonyl (C=O) groups is 2. The first-order chi connectivity index (χ1) is 11.4. The van der Waals surface area contributed by atoms with Gasteiger partial charge in [0.2, 0.25) is 0 Å². The number of carbonyl (C=O) groups excluding carboxylic acids is 2. The lowest BCUT2D eigenvalue weighted by Crippen LogP contribution is -2.26. The molecule has 1 aromatic heterocycles.